The van der Waals surface area contributed by atoms with Crippen LogP contribution in [-0.4, -0.2) is 21.6 Å². The lowest BCUT2D eigenvalue weighted by Crippen LogP contribution is -2.13. The first-order valence-electron chi connectivity index (χ1n) is 10.8. The van der Waals surface area contributed by atoms with E-state index in [0.717, 1.165) is 38.9 Å². The Labute approximate surface area is 203 Å². The van der Waals surface area contributed by atoms with Crippen LogP contribution >= 0.6 is 23.4 Å². The minimum absolute atomic E-state index is 0.0445. The number of rotatable bonds is 7. The van der Waals surface area contributed by atoms with Crippen LogP contribution in [0, 0.1) is 20.8 Å². The zero-order valence-electron chi connectivity index (χ0n) is 18.9. The number of H-pyrrole nitrogens is 1. The molecule has 6 heteroatoms. The van der Waals surface area contributed by atoms with Gasteiger partial charge in [-0.05, 0) is 38.5 Å². The number of hydrogen-bond donors (Lipinski definition) is 2. The third-order valence-electron chi connectivity index (χ3n) is 5.46. The van der Waals surface area contributed by atoms with E-state index in [1.54, 1.807) is 11.8 Å². The van der Waals surface area contributed by atoms with Crippen molar-refractivity contribution in [3.05, 3.63) is 88.4 Å². The van der Waals surface area contributed by atoms with Crippen molar-refractivity contribution in [1.29, 1.82) is 0 Å². The lowest BCUT2D eigenvalue weighted by atomic mass is 10.0. The van der Waals surface area contributed by atoms with Crippen molar-refractivity contribution in [3.63, 3.8) is 0 Å². The van der Waals surface area contributed by atoms with Crippen LogP contribution in [-0.2, 0) is 4.79 Å². The first-order valence-corrected chi connectivity index (χ1v) is 12.2. The van der Waals surface area contributed by atoms with E-state index in [2.05, 4.69) is 72.7 Å². The Morgan fingerprint density at radius 3 is 2.24 bits per heavy atom. The molecule has 0 unspecified atom stereocenters. The molecular formula is C27H26ClN3OS. The van der Waals surface area contributed by atoms with E-state index >= 15 is 0 Å². The van der Waals surface area contributed by atoms with E-state index < -0.39 is 0 Å². The second kappa shape index (κ2) is 10.3. The third-order valence-corrected chi connectivity index (χ3v) is 6.74. The van der Waals surface area contributed by atoms with Gasteiger partial charge in [0.05, 0.1) is 11.4 Å². The van der Waals surface area contributed by atoms with Gasteiger partial charge in [0.2, 0.25) is 5.91 Å². The molecule has 1 amide bonds. The Morgan fingerprint density at radius 1 is 0.939 bits per heavy atom. The lowest BCUT2D eigenvalue weighted by molar-refractivity contribution is -0.115. The van der Waals surface area contributed by atoms with E-state index in [-0.39, 0.29) is 5.91 Å². The first-order chi connectivity index (χ1) is 15.9. The standard InChI is InChI=1S/C27H26ClN3OS/c1-17-7-11-20(12-8-17)25-26(21-13-9-18(2)10-14-21)31-27(30-25)33-16-15-24(32)29-23-6-4-5-22(28)19(23)3/h4-14H,15-16H2,1-3H3,(H,29,32)(H,30,31). The molecule has 0 atom stereocenters. The molecule has 4 rings (SSSR count). The number of thioether (sulfide) groups is 1. The van der Waals surface area contributed by atoms with Gasteiger partial charge in [0.25, 0.3) is 0 Å². The second-order valence-corrected chi connectivity index (χ2v) is 9.55. The maximum absolute atomic E-state index is 12.4. The summed E-state index contributed by atoms with van der Waals surface area (Å²) < 4.78 is 0. The fourth-order valence-corrected chi connectivity index (χ4v) is 4.45. The molecule has 0 radical (unpaired) electrons. The van der Waals surface area contributed by atoms with Gasteiger partial charge in [-0.25, -0.2) is 4.98 Å². The molecule has 4 aromatic rings. The molecule has 0 aliphatic rings. The Hall–Kier alpha value is -3.02. The highest BCUT2D eigenvalue weighted by atomic mass is 35.5. The fraction of sp³-hybridized carbons (Fsp3) is 0.185. The molecular weight excluding hydrogens is 450 g/mol. The number of aryl methyl sites for hydroxylation is 2. The van der Waals surface area contributed by atoms with Crippen LogP contribution in [0.2, 0.25) is 5.02 Å². The number of aromatic amines is 1. The van der Waals surface area contributed by atoms with Crippen molar-refractivity contribution in [2.75, 3.05) is 11.1 Å². The van der Waals surface area contributed by atoms with E-state index in [0.29, 0.717) is 17.2 Å². The lowest BCUT2D eigenvalue weighted by Gasteiger charge is -2.09. The molecule has 0 fully saturated rings. The molecule has 33 heavy (non-hydrogen) atoms. The maximum atomic E-state index is 12.4. The number of hydrogen-bond acceptors (Lipinski definition) is 3. The summed E-state index contributed by atoms with van der Waals surface area (Å²) in [5, 5.41) is 4.39. The van der Waals surface area contributed by atoms with Crippen molar-refractivity contribution in [3.8, 4) is 22.5 Å². The molecule has 4 nitrogen and oxygen atoms in total. The van der Waals surface area contributed by atoms with Crippen molar-refractivity contribution >= 4 is 35.0 Å². The van der Waals surface area contributed by atoms with Crippen LogP contribution in [0.3, 0.4) is 0 Å². The van der Waals surface area contributed by atoms with Gasteiger partial charge in [0.15, 0.2) is 5.16 Å². The summed E-state index contributed by atoms with van der Waals surface area (Å²) in [4.78, 5) is 20.8. The number of benzene rings is 3. The predicted molar refractivity (Wildman–Crippen MR) is 139 cm³/mol. The Balaban J connectivity index is 1.49. The number of halogens is 1. The number of carbonyl (C=O) groups is 1. The van der Waals surface area contributed by atoms with E-state index in [9.17, 15) is 4.79 Å². The summed E-state index contributed by atoms with van der Waals surface area (Å²) in [7, 11) is 0. The van der Waals surface area contributed by atoms with Crippen LogP contribution in [0.4, 0.5) is 5.69 Å². The Morgan fingerprint density at radius 2 is 1.58 bits per heavy atom. The summed E-state index contributed by atoms with van der Waals surface area (Å²) in [6.45, 7) is 6.05. The Bertz CT molecular complexity index is 1200. The number of carbonyl (C=O) groups excluding carboxylic acids is 1. The normalized spacial score (nSPS) is 10.9. The largest absolute Gasteiger partial charge is 0.332 e. The SMILES string of the molecule is Cc1ccc(-c2nc(SCCC(=O)Nc3cccc(Cl)c3C)[nH]c2-c2ccc(C)cc2)cc1. The average Bonchev–Trinajstić information content (AvgIpc) is 3.22. The summed E-state index contributed by atoms with van der Waals surface area (Å²) in [6, 6.07) is 22.3. The average molecular weight is 476 g/mol. The van der Waals surface area contributed by atoms with E-state index in [1.807, 2.05) is 25.1 Å². The van der Waals surface area contributed by atoms with Gasteiger partial charge in [-0.1, -0.05) is 89.1 Å². The molecule has 0 aliphatic carbocycles. The minimum atomic E-state index is -0.0445. The molecule has 0 saturated carbocycles. The number of amides is 1. The van der Waals surface area contributed by atoms with Crippen molar-refractivity contribution in [1.82, 2.24) is 9.97 Å². The molecule has 0 bridgehead atoms. The topological polar surface area (TPSA) is 57.8 Å². The van der Waals surface area contributed by atoms with Crippen molar-refractivity contribution < 1.29 is 4.79 Å². The number of aromatic nitrogens is 2. The van der Waals surface area contributed by atoms with Crippen LogP contribution in [0.25, 0.3) is 22.5 Å². The molecule has 1 heterocycles. The van der Waals surface area contributed by atoms with Crippen LogP contribution in [0.15, 0.2) is 71.9 Å². The highest BCUT2D eigenvalue weighted by Gasteiger charge is 2.15. The summed E-state index contributed by atoms with van der Waals surface area (Å²) in [5.74, 6) is 0.566. The third kappa shape index (κ3) is 5.67. The molecule has 1 aromatic heterocycles. The predicted octanol–water partition coefficient (Wildman–Crippen LogP) is 7.44. The molecule has 3 aromatic carbocycles. The zero-order chi connectivity index (χ0) is 23.4. The zero-order valence-corrected chi connectivity index (χ0v) is 20.5. The summed E-state index contributed by atoms with van der Waals surface area (Å²) in [6.07, 6.45) is 0.372. The van der Waals surface area contributed by atoms with Gasteiger partial charge in [-0.3, -0.25) is 4.79 Å². The molecule has 2 N–H and O–H groups in total. The number of nitrogens with one attached hydrogen (secondary N) is 2. The van der Waals surface area contributed by atoms with E-state index in [4.69, 9.17) is 16.6 Å². The molecule has 0 saturated heterocycles. The van der Waals surface area contributed by atoms with Crippen molar-refractivity contribution in [2.45, 2.75) is 32.3 Å². The van der Waals surface area contributed by atoms with Gasteiger partial charge in [0.1, 0.15) is 0 Å². The number of imidazole rings is 1. The maximum Gasteiger partial charge on any atom is 0.225 e. The quantitative estimate of drug-likeness (QED) is 0.273. The smallest absolute Gasteiger partial charge is 0.225 e. The molecule has 168 valence electrons. The highest BCUT2D eigenvalue weighted by molar-refractivity contribution is 7.99. The summed E-state index contributed by atoms with van der Waals surface area (Å²) in [5.41, 5.74) is 8.10. The monoisotopic (exact) mass is 475 g/mol. The first kappa shape index (κ1) is 23.1. The molecule has 0 spiro atoms. The van der Waals surface area contributed by atoms with Gasteiger partial charge >= 0.3 is 0 Å². The van der Waals surface area contributed by atoms with Gasteiger partial charge < -0.3 is 10.3 Å². The van der Waals surface area contributed by atoms with Gasteiger partial charge in [-0.15, -0.1) is 0 Å². The summed E-state index contributed by atoms with van der Waals surface area (Å²) >= 11 is 7.69. The highest BCUT2D eigenvalue weighted by Crippen LogP contribution is 2.33. The van der Waals surface area contributed by atoms with Crippen LogP contribution < -0.4 is 5.32 Å². The Kier molecular flexibility index (Phi) is 7.21. The molecule has 0 aliphatic heterocycles. The van der Waals surface area contributed by atoms with E-state index in [1.165, 1.54) is 11.1 Å². The minimum Gasteiger partial charge on any atom is -0.332 e. The van der Waals surface area contributed by atoms with Gasteiger partial charge in [0, 0.05) is 34.0 Å². The second-order valence-electron chi connectivity index (χ2n) is 8.06. The fourth-order valence-electron chi connectivity index (χ4n) is 3.47. The van der Waals surface area contributed by atoms with Gasteiger partial charge in [-0.2, -0.15) is 0 Å². The van der Waals surface area contributed by atoms with Crippen LogP contribution in [0.5, 0.6) is 0 Å². The number of anilines is 1. The van der Waals surface area contributed by atoms with Crippen LogP contribution in [0.1, 0.15) is 23.1 Å². The number of nitrogens with zero attached hydrogens (tertiary/aromatic N) is 1. The van der Waals surface area contributed by atoms with Crippen molar-refractivity contribution in [2.24, 2.45) is 0 Å².